The van der Waals surface area contributed by atoms with Gasteiger partial charge in [-0.1, -0.05) is 24.3 Å². The van der Waals surface area contributed by atoms with E-state index < -0.39 is 0 Å². The minimum Gasteiger partial charge on any atom is -0.330 e. The number of aliphatic imine (C=N–C) groups is 1. The molecular weight excluding hydrogens is 172 g/mol. The lowest BCUT2D eigenvalue weighted by Crippen LogP contribution is -2.13. The second-order valence-electron chi connectivity index (χ2n) is 3.37. The van der Waals surface area contributed by atoms with E-state index in [1.54, 1.807) is 11.2 Å². The minimum atomic E-state index is 1.03. The van der Waals surface area contributed by atoms with Crippen LogP contribution in [0.15, 0.2) is 41.4 Å². The zero-order chi connectivity index (χ0) is 9.54. The molecule has 14 heavy (non-hydrogen) atoms. The number of anilines is 1. The van der Waals surface area contributed by atoms with Gasteiger partial charge in [-0.3, -0.25) is 0 Å². The summed E-state index contributed by atoms with van der Waals surface area (Å²) in [7, 11) is 3.91. The molecule has 0 unspecified atom stereocenters. The molecule has 0 aromatic heterocycles. The van der Waals surface area contributed by atoms with Gasteiger partial charge in [0.15, 0.2) is 0 Å². The largest absolute Gasteiger partial charge is 0.330 e. The first-order chi connectivity index (χ1) is 6.86. The Labute approximate surface area is 82.5 Å². The Balaban J connectivity index is 2.52. The molecule has 0 N–H and O–H groups in total. The monoisotopic (exact) mass is 181 g/mol. The van der Waals surface area contributed by atoms with Crippen LogP contribution in [0.4, 0.5) is 11.4 Å². The van der Waals surface area contributed by atoms with Crippen molar-refractivity contribution in [3.8, 4) is 0 Å². The number of nitrogens with zero attached hydrogens (tertiary/aromatic N) is 2. The zero-order valence-corrected chi connectivity index (χ0v) is 7.64. The molecule has 2 heteroatoms. The molecule has 0 spiro atoms. The fourth-order valence-corrected chi connectivity index (χ4v) is 1.84. The van der Waals surface area contributed by atoms with Crippen LogP contribution in [0.2, 0.25) is 0 Å². The summed E-state index contributed by atoms with van der Waals surface area (Å²) in [5, 5.41) is 2.40. The van der Waals surface area contributed by atoms with Crippen molar-refractivity contribution in [2.75, 3.05) is 4.90 Å². The van der Waals surface area contributed by atoms with E-state index in [1.807, 2.05) is 18.2 Å². The van der Waals surface area contributed by atoms with Crippen molar-refractivity contribution < 1.29 is 0 Å². The number of rotatable bonds is 0. The third-order valence-electron chi connectivity index (χ3n) is 2.51. The average molecular weight is 181 g/mol. The second kappa shape index (κ2) is 2.58. The third kappa shape index (κ3) is 0.880. The van der Waals surface area contributed by atoms with Gasteiger partial charge >= 0.3 is 0 Å². The average Bonchev–Trinajstić information content (AvgIpc) is 2.24. The van der Waals surface area contributed by atoms with Gasteiger partial charge in [0.2, 0.25) is 0 Å². The summed E-state index contributed by atoms with van der Waals surface area (Å²) >= 11 is 0. The van der Waals surface area contributed by atoms with E-state index in [9.17, 15) is 0 Å². The molecule has 0 amide bonds. The maximum Gasteiger partial charge on any atom is 0.0957 e. The quantitative estimate of drug-likeness (QED) is 0.609. The van der Waals surface area contributed by atoms with E-state index in [0.717, 1.165) is 11.4 Å². The summed E-state index contributed by atoms with van der Waals surface area (Å²) < 4.78 is 0. The number of hydrogen-bond donors (Lipinski definition) is 0. The predicted molar refractivity (Wildman–Crippen MR) is 59.9 cm³/mol. The Morgan fingerprint density at radius 2 is 1.86 bits per heavy atom. The van der Waals surface area contributed by atoms with Gasteiger partial charge in [-0.05, 0) is 17.5 Å². The summed E-state index contributed by atoms with van der Waals surface area (Å²) in [5.74, 6) is 0. The molecular formula is C12H9N2. The number of hydrogen-bond acceptors (Lipinski definition) is 2. The van der Waals surface area contributed by atoms with Crippen LogP contribution in [0.1, 0.15) is 0 Å². The van der Waals surface area contributed by atoms with Gasteiger partial charge in [0, 0.05) is 12.4 Å². The molecule has 2 aromatic carbocycles. The van der Waals surface area contributed by atoms with Crippen LogP contribution < -0.4 is 4.90 Å². The van der Waals surface area contributed by atoms with Gasteiger partial charge in [0.05, 0.1) is 17.7 Å². The summed E-state index contributed by atoms with van der Waals surface area (Å²) in [5.41, 5.74) is 2.14. The molecule has 1 radical (unpaired) electrons. The van der Waals surface area contributed by atoms with E-state index in [4.69, 9.17) is 0 Å². The van der Waals surface area contributed by atoms with Gasteiger partial charge in [-0.2, -0.15) is 0 Å². The molecule has 0 saturated carbocycles. The molecule has 0 fully saturated rings. The van der Waals surface area contributed by atoms with Gasteiger partial charge in [0.25, 0.3) is 0 Å². The fourth-order valence-electron chi connectivity index (χ4n) is 1.84. The van der Waals surface area contributed by atoms with Crippen molar-refractivity contribution in [2.24, 2.45) is 4.99 Å². The Bertz CT molecular complexity index is 524. The molecule has 3 rings (SSSR count). The van der Waals surface area contributed by atoms with E-state index in [1.165, 1.54) is 10.8 Å². The zero-order valence-electron chi connectivity index (χ0n) is 7.64. The van der Waals surface area contributed by atoms with Crippen molar-refractivity contribution in [3.63, 3.8) is 0 Å². The highest BCUT2D eigenvalue weighted by molar-refractivity contribution is 6.09. The highest BCUT2D eigenvalue weighted by Crippen LogP contribution is 2.36. The van der Waals surface area contributed by atoms with Crippen LogP contribution >= 0.6 is 0 Å². The van der Waals surface area contributed by atoms with Crippen LogP contribution in [-0.2, 0) is 0 Å². The highest BCUT2D eigenvalue weighted by Gasteiger charge is 2.11. The van der Waals surface area contributed by atoms with Gasteiger partial charge in [0.1, 0.15) is 0 Å². The van der Waals surface area contributed by atoms with E-state index >= 15 is 0 Å². The smallest absolute Gasteiger partial charge is 0.0957 e. The molecule has 2 aromatic rings. The second-order valence-corrected chi connectivity index (χ2v) is 3.37. The van der Waals surface area contributed by atoms with Crippen LogP contribution in [-0.4, -0.2) is 6.34 Å². The maximum atomic E-state index is 4.33. The van der Waals surface area contributed by atoms with Crippen molar-refractivity contribution in [1.29, 1.82) is 0 Å². The molecule has 2 nitrogen and oxygen atoms in total. The summed E-state index contributed by atoms with van der Waals surface area (Å²) in [6, 6.07) is 12.3. The van der Waals surface area contributed by atoms with E-state index in [-0.39, 0.29) is 0 Å². The third-order valence-corrected chi connectivity index (χ3v) is 2.51. The normalized spacial score (nSPS) is 13.6. The first-order valence-corrected chi connectivity index (χ1v) is 4.52. The molecule has 0 atom stereocenters. The summed E-state index contributed by atoms with van der Waals surface area (Å²) in [6.07, 6.45) is 1.75. The number of benzene rings is 2. The Kier molecular flexibility index (Phi) is 1.39. The van der Waals surface area contributed by atoms with E-state index in [0.29, 0.717) is 0 Å². The van der Waals surface area contributed by atoms with Gasteiger partial charge < -0.3 is 4.90 Å². The molecule has 0 bridgehead atoms. The van der Waals surface area contributed by atoms with Gasteiger partial charge in [-0.15, -0.1) is 0 Å². The molecule has 1 aliphatic heterocycles. The van der Waals surface area contributed by atoms with Crippen molar-refractivity contribution in [2.45, 2.75) is 0 Å². The lowest BCUT2D eigenvalue weighted by atomic mass is 10.1. The van der Waals surface area contributed by atoms with Gasteiger partial charge in [-0.25, -0.2) is 4.99 Å². The van der Waals surface area contributed by atoms with Crippen molar-refractivity contribution in [3.05, 3.63) is 43.4 Å². The van der Waals surface area contributed by atoms with Crippen LogP contribution in [0.5, 0.6) is 0 Å². The minimum absolute atomic E-state index is 1.03. The standard InChI is InChI=1S/C12H9N2/c1-14-8-13-10-6-2-4-9-5-3-7-11(14)12(9)10/h2-8H,1H2. The fraction of sp³-hybridized carbons (Fsp3) is 0. The van der Waals surface area contributed by atoms with Crippen molar-refractivity contribution >= 4 is 28.5 Å². The first-order valence-electron chi connectivity index (χ1n) is 4.52. The predicted octanol–water partition coefficient (Wildman–Crippen LogP) is 3.11. The maximum absolute atomic E-state index is 4.33. The molecule has 1 heterocycles. The molecule has 0 saturated heterocycles. The highest BCUT2D eigenvalue weighted by atomic mass is 15.1. The molecule has 1 aliphatic rings. The van der Waals surface area contributed by atoms with E-state index in [2.05, 4.69) is 30.2 Å². The summed E-state index contributed by atoms with van der Waals surface area (Å²) in [4.78, 5) is 6.13. The Morgan fingerprint density at radius 1 is 1.07 bits per heavy atom. The molecule has 0 aliphatic carbocycles. The summed E-state index contributed by atoms with van der Waals surface area (Å²) in [6.45, 7) is 0. The van der Waals surface area contributed by atoms with Crippen LogP contribution in [0.3, 0.4) is 0 Å². The first kappa shape index (κ1) is 7.56. The molecule has 67 valence electrons. The van der Waals surface area contributed by atoms with Crippen molar-refractivity contribution in [1.82, 2.24) is 0 Å². The van der Waals surface area contributed by atoms with Crippen LogP contribution in [0.25, 0.3) is 10.8 Å². The lowest BCUT2D eigenvalue weighted by molar-refractivity contribution is 1.36. The Hall–Kier alpha value is -1.83. The lowest BCUT2D eigenvalue weighted by Gasteiger charge is -2.20. The topological polar surface area (TPSA) is 15.6 Å². The SMILES string of the molecule is [CH2]N1C=Nc2cccc3cccc1c23. The Morgan fingerprint density at radius 3 is 2.71 bits per heavy atom. The van der Waals surface area contributed by atoms with Crippen LogP contribution in [0, 0.1) is 7.05 Å².